The second-order valence-electron chi connectivity index (χ2n) is 7.00. The number of rotatable bonds is 0. The molecule has 1 spiro atoms. The van der Waals surface area contributed by atoms with Crippen molar-refractivity contribution in [3.05, 3.63) is 26.6 Å². The van der Waals surface area contributed by atoms with Gasteiger partial charge in [-0.15, -0.1) is 0 Å². The van der Waals surface area contributed by atoms with E-state index in [-0.39, 0.29) is 10.2 Å². The van der Waals surface area contributed by atoms with Crippen molar-refractivity contribution in [2.24, 2.45) is 5.41 Å². The summed E-state index contributed by atoms with van der Waals surface area (Å²) >= 11 is 14.8. The minimum atomic E-state index is -0.530. The van der Waals surface area contributed by atoms with Crippen molar-refractivity contribution in [1.29, 1.82) is 0 Å². The van der Waals surface area contributed by atoms with Gasteiger partial charge in [0.1, 0.15) is 11.4 Å². The molecule has 6 heteroatoms. The summed E-state index contributed by atoms with van der Waals surface area (Å²) < 4.78 is 8.03. The predicted octanol–water partition coefficient (Wildman–Crippen LogP) is 5.59. The van der Waals surface area contributed by atoms with Crippen LogP contribution in [0.4, 0.5) is 0 Å². The Morgan fingerprint density at radius 1 is 1.23 bits per heavy atom. The largest absolute Gasteiger partial charge is 0.483 e. The van der Waals surface area contributed by atoms with Crippen LogP contribution in [0, 0.1) is 5.41 Å². The van der Waals surface area contributed by atoms with Crippen LogP contribution in [0.3, 0.4) is 0 Å². The lowest BCUT2D eigenvalue weighted by molar-refractivity contribution is -0.116. The molecule has 4 atom stereocenters. The van der Waals surface area contributed by atoms with E-state index in [0.717, 1.165) is 26.7 Å². The number of fused-ring (bicyclic) bond motifs is 1. The highest BCUT2D eigenvalue weighted by Gasteiger charge is 2.68. The molecule has 1 fully saturated rings. The van der Waals surface area contributed by atoms with Crippen molar-refractivity contribution in [2.45, 2.75) is 54.5 Å². The molecular weight excluding hydrogens is 544 g/mol. The second-order valence-corrected chi connectivity index (χ2v) is 11.5. The van der Waals surface area contributed by atoms with Crippen LogP contribution in [0.1, 0.15) is 32.8 Å². The van der Waals surface area contributed by atoms with Gasteiger partial charge in [0, 0.05) is 26.7 Å². The number of aliphatic hydroxyl groups excluding tert-OH is 1. The highest BCUT2D eigenvalue weighted by molar-refractivity contribution is 9.11. The topological polar surface area (TPSA) is 29.5 Å². The Hall–Kier alpha value is 0.900. The summed E-state index contributed by atoms with van der Waals surface area (Å²) in [5.74, 6) is 0.885. The van der Waals surface area contributed by atoms with Crippen molar-refractivity contribution in [1.82, 2.24) is 0 Å². The molecule has 1 N–H and O–H groups in total. The van der Waals surface area contributed by atoms with Gasteiger partial charge in [-0.2, -0.15) is 0 Å². The van der Waals surface area contributed by atoms with E-state index in [9.17, 15) is 5.11 Å². The van der Waals surface area contributed by atoms with Crippen molar-refractivity contribution in [3.8, 4) is 5.75 Å². The lowest BCUT2D eigenvalue weighted by Crippen LogP contribution is -2.71. The van der Waals surface area contributed by atoms with Gasteiger partial charge in [-0.25, -0.2) is 0 Å². The maximum atomic E-state index is 10.7. The highest BCUT2D eigenvalue weighted by atomic mass is 79.9. The molecule has 0 amide bonds. The molecule has 1 heterocycles. The first-order valence-corrected chi connectivity index (χ1v) is 10.5. The van der Waals surface area contributed by atoms with Crippen LogP contribution in [-0.2, 0) is 6.42 Å². The summed E-state index contributed by atoms with van der Waals surface area (Å²) in [6, 6.07) is 4.11. The lowest BCUT2D eigenvalue weighted by atomic mass is 9.58. The third-order valence-corrected chi connectivity index (χ3v) is 9.20. The number of benzene rings is 1. The molecule has 2 nitrogen and oxygen atoms in total. The van der Waals surface area contributed by atoms with E-state index in [0.29, 0.717) is 6.42 Å². The molecule has 2 aliphatic rings. The zero-order valence-electron chi connectivity index (χ0n) is 12.6. The van der Waals surface area contributed by atoms with Gasteiger partial charge >= 0.3 is 0 Å². The van der Waals surface area contributed by atoms with Crippen molar-refractivity contribution in [2.75, 3.05) is 0 Å². The van der Waals surface area contributed by atoms with Crippen LogP contribution >= 0.6 is 63.7 Å². The molecule has 1 aromatic carbocycles. The highest BCUT2D eigenvalue weighted by Crippen LogP contribution is 2.62. The molecule has 22 heavy (non-hydrogen) atoms. The molecule has 3 rings (SSSR count). The Balaban J connectivity index is 2.18. The molecule has 1 aliphatic carbocycles. The van der Waals surface area contributed by atoms with E-state index in [4.69, 9.17) is 4.74 Å². The monoisotopic (exact) mass is 558 g/mol. The first-order chi connectivity index (χ1) is 10.0. The SMILES string of the molecule is CC1(C)C(Br)CC(O)C(C)(Br)C12Cc1cc(Br)cc(Br)c1O2. The maximum absolute atomic E-state index is 10.7. The molecule has 0 radical (unpaired) electrons. The Morgan fingerprint density at radius 3 is 2.50 bits per heavy atom. The number of hydrogen-bond acceptors (Lipinski definition) is 2. The van der Waals surface area contributed by atoms with E-state index >= 15 is 0 Å². The van der Waals surface area contributed by atoms with E-state index in [2.05, 4.69) is 83.6 Å². The third kappa shape index (κ3) is 2.23. The fourth-order valence-electron chi connectivity index (χ4n) is 3.83. The molecule has 0 saturated heterocycles. The average molecular weight is 562 g/mol. The van der Waals surface area contributed by atoms with Gasteiger partial charge in [-0.1, -0.05) is 61.6 Å². The van der Waals surface area contributed by atoms with Gasteiger partial charge in [0.15, 0.2) is 0 Å². The van der Waals surface area contributed by atoms with Crippen LogP contribution < -0.4 is 4.74 Å². The normalized spacial score (nSPS) is 39.6. The summed E-state index contributed by atoms with van der Waals surface area (Å²) in [6.45, 7) is 6.48. The molecule has 0 bridgehead atoms. The molecule has 1 aliphatic heterocycles. The first kappa shape index (κ1) is 17.7. The summed E-state index contributed by atoms with van der Waals surface area (Å²) in [5, 5.41) is 10.7. The summed E-state index contributed by atoms with van der Waals surface area (Å²) in [7, 11) is 0. The standard InChI is InChI=1S/C16H18Br4O2/c1-14(2)11(19)6-12(21)15(3,20)16(14)7-8-4-9(17)5-10(18)13(8)22-16/h4-5,11-12,21H,6-7H2,1-3H3. The van der Waals surface area contributed by atoms with Crippen LogP contribution in [0.5, 0.6) is 5.75 Å². The number of hydrogen-bond donors (Lipinski definition) is 1. The number of alkyl halides is 2. The van der Waals surface area contributed by atoms with E-state index in [1.165, 1.54) is 0 Å². The molecule has 4 unspecified atom stereocenters. The molecule has 1 saturated carbocycles. The fourth-order valence-corrected chi connectivity index (χ4v) is 6.87. The fraction of sp³-hybridized carbons (Fsp3) is 0.625. The summed E-state index contributed by atoms with van der Waals surface area (Å²) in [6.07, 6.45) is 0.969. The van der Waals surface area contributed by atoms with Crippen LogP contribution in [-0.4, -0.2) is 26.0 Å². The summed E-state index contributed by atoms with van der Waals surface area (Å²) in [5.41, 5.74) is 0.473. The third-order valence-electron chi connectivity index (χ3n) is 5.47. The quantitative estimate of drug-likeness (QED) is 0.418. The number of halogens is 4. The van der Waals surface area contributed by atoms with Gasteiger partial charge in [0.05, 0.1) is 14.9 Å². The van der Waals surface area contributed by atoms with Gasteiger partial charge in [0.2, 0.25) is 0 Å². The van der Waals surface area contributed by atoms with Gasteiger partial charge in [-0.3, -0.25) is 0 Å². The molecule has 122 valence electrons. The van der Waals surface area contributed by atoms with Gasteiger partial charge in [-0.05, 0) is 41.4 Å². The van der Waals surface area contributed by atoms with E-state index in [1.807, 2.05) is 13.0 Å². The second kappa shape index (κ2) is 5.45. The zero-order chi connectivity index (χ0) is 16.5. The van der Waals surface area contributed by atoms with E-state index in [1.54, 1.807) is 0 Å². The smallest absolute Gasteiger partial charge is 0.137 e. The van der Waals surface area contributed by atoms with Crippen LogP contribution in [0.15, 0.2) is 21.1 Å². The Bertz CT molecular complexity index is 607. The molecule has 1 aromatic rings. The minimum absolute atomic E-state index is 0.157. The van der Waals surface area contributed by atoms with Gasteiger partial charge < -0.3 is 9.84 Å². The molecule has 0 aromatic heterocycles. The number of aliphatic hydroxyl groups is 1. The zero-order valence-corrected chi connectivity index (χ0v) is 18.9. The average Bonchev–Trinajstić information content (AvgIpc) is 2.78. The number of ether oxygens (including phenoxy) is 1. The van der Waals surface area contributed by atoms with Crippen molar-refractivity contribution < 1.29 is 9.84 Å². The molecular formula is C16H18Br4O2. The van der Waals surface area contributed by atoms with Crippen molar-refractivity contribution in [3.63, 3.8) is 0 Å². The van der Waals surface area contributed by atoms with E-state index < -0.39 is 16.0 Å². The van der Waals surface area contributed by atoms with Crippen LogP contribution in [0.2, 0.25) is 0 Å². The minimum Gasteiger partial charge on any atom is -0.483 e. The Labute approximate surface area is 164 Å². The maximum Gasteiger partial charge on any atom is 0.137 e. The summed E-state index contributed by atoms with van der Waals surface area (Å²) in [4.78, 5) is 0.178. The van der Waals surface area contributed by atoms with Crippen molar-refractivity contribution >= 4 is 63.7 Å². The first-order valence-electron chi connectivity index (χ1n) is 7.21. The van der Waals surface area contributed by atoms with Gasteiger partial charge in [0.25, 0.3) is 0 Å². The lowest BCUT2D eigenvalue weighted by Gasteiger charge is -2.59. The van der Waals surface area contributed by atoms with Crippen LogP contribution in [0.25, 0.3) is 0 Å². The predicted molar refractivity (Wildman–Crippen MR) is 103 cm³/mol. The Morgan fingerprint density at radius 2 is 1.86 bits per heavy atom. The Kier molecular flexibility index (Phi) is 4.39.